The molecule has 2 nitrogen and oxygen atoms in total. The topological polar surface area (TPSA) is 25.8 Å². The molecule has 0 amide bonds. The van der Waals surface area contributed by atoms with Crippen LogP contribution in [0, 0.1) is 0 Å². The van der Waals surface area contributed by atoms with E-state index in [9.17, 15) is 0 Å². The summed E-state index contributed by atoms with van der Waals surface area (Å²) >= 11 is 1.54. The number of nitrogens with zero attached hydrogens (tertiary/aromatic N) is 2. The SMILES string of the molecule is c1ccc2c(c1)nc1ccc3ccnsc3c12. The van der Waals surface area contributed by atoms with Gasteiger partial charge in [0, 0.05) is 17.0 Å². The number of para-hydroxylation sites is 1. The minimum Gasteiger partial charge on any atom is -0.248 e. The van der Waals surface area contributed by atoms with Crippen molar-refractivity contribution in [2.45, 2.75) is 0 Å². The van der Waals surface area contributed by atoms with E-state index in [-0.39, 0.29) is 0 Å². The van der Waals surface area contributed by atoms with E-state index < -0.39 is 0 Å². The molecule has 0 aliphatic heterocycles. The third-order valence-corrected chi connectivity index (χ3v) is 3.89. The Morgan fingerprint density at radius 2 is 1.82 bits per heavy atom. The molecule has 2 aromatic heterocycles. The molecule has 0 spiro atoms. The smallest absolute Gasteiger partial charge is 0.0731 e. The van der Waals surface area contributed by atoms with Crippen molar-refractivity contribution in [3.05, 3.63) is 48.7 Å². The van der Waals surface area contributed by atoms with Crippen LogP contribution in [-0.4, -0.2) is 9.36 Å². The summed E-state index contributed by atoms with van der Waals surface area (Å²) in [4.78, 5) is 4.64. The number of aromatic nitrogens is 2. The van der Waals surface area contributed by atoms with Crippen LogP contribution in [0.4, 0.5) is 0 Å². The molecule has 4 rings (SSSR count). The Morgan fingerprint density at radius 3 is 2.82 bits per heavy atom. The van der Waals surface area contributed by atoms with Crippen LogP contribution in [0.15, 0.2) is 48.7 Å². The lowest BCUT2D eigenvalue weighted by molar-refractivity contribution is 1.54. The summed E-state index contributed by atoms with van der Waals surface area (Å²) in [5.41, 5.74) is 2.12. The monoisotopic (exact) mass is 236 g/mol. The first-order chi connectivity index (χ1) is 8.43. The highest BCUT2D eigenvalue weighted by Gasteiger charge is 2.08. The van der Waals surface area contributed by atoms with Crippen LogP contribution in [0.2, 0.25) is 0 Å². The van der Waals surface area contributed by atoms with Crippen LogP contribution >= 0.6 is 11.5 Å². The van der Waals surface area contributed by atoms with Crippen molar-refractivity contribution in [3.63, 3.8) is 0 Å². The maximum atomic E-state index is 4.64. The molecular formula is C14H8N2S. The Labute approximate surface area is 102 Å². The van der Waals surface area contributed by atoms with Crippen molar-refractivity contribution in [2.75, 3.05) is 0 Å². The molecule has 3 heteroatoms. The molecule has 0 unspecified atom stereocenters. The molecule has 2 aromatic carbocycles. The minimum atomic E-state index is 1.06. The number of hydrogen-bond acceptors (Lipinski definition) is 3. The zero-order chi connectivity index (χ0) is 11.2. The molecule has 80 valence electrons. The number of rotatable bonds is 0. The molecule has 0 aliphatic rings. The van der Waals surface area contributed by atoms with Crippen LogP contribution in [0.1, 0.15) is 0 Å². The van der Waals surface area contributed by atoms with Crippen LogP contribution in [0.25, 0.3) is 31.9 Å². The van der Waals surface area contributed by atoms with Gasteiger partial charge in [0.05, 0.1) is 15.7 Å². The lowest BCUT2D eigenvalue weighted by Crippen LogP contribution is -1.73. The van der Waals surface area contributed by atoms with E-state index in [2.05, 4.69) is 39.7 Å². The number of hydrogen-bond donors (Lipinski definition) is 0. The Kier molecular flexibility index (Phi) is 1.73. The summed E-state index contributed by atoms with van der Waals surface area (Å²) in [7, 11) is 0. The Hall–Kier alpha value is -2.00. The van der Waals surface area contributed by atoms with Crippen LogP contribution < -0.4 is 0 Å². The predicted octanol–water partition coefficient (Wildman–Crippen LogP) is 4.00. The van der Waals surface area contributed by atoms with Crippen molar-refractivity contribution in [3.8, 4) is 0 Å². The van der Waals surface area contributed by atoms with Crippen molar-refractivity contribution in [1.82, 2.24) is 9.36 Å². The van der Waals surface area contributed by atoms with Crippen LogP contribution in [0.3, 0.4) is 0 Å². The number of benzene rings is 2. The van der Waals surface area contributed by atoms with Crippen molar-refractivity contribution in [1.29, 1.82) is 0 Å². The zero-order valence-corrected chi connectivity index (χ0v) is 9.74. The second kappa shape index (κ2) is 3.25. The van der Waals surface area contributed by atoms with E-state index in [1.165, 1.54) is 32.4 Å². The van der Waals surface area contributed by atoms with Gasteiger partial charge in [0.1, 0.15) is 0 Å². The van der Waals surface area contributed by atoms with Gasteiger partial charge in [-0.25, -0.2) is 9.36 Å². The van der Waals surface area contributed by atoms with Crippen LogP contribution in [-0.2, 0) is 0 Å². The first-order valence-corrected chi connectivity index (χ1v) is 6.23. The summed E-state index contributed by atoms with van der Waals surface area (Å²) in [6.45, 7) is 0. The Morgan fingerprint density at radius 1 is 0.882 bits per heavy atom. The molecule has 0 radical (unpaired) electrons. The molecule has 0 saturated carbocycles. The third-order valence-electron chi connectivity index (χ3n) is 3.04. The molecule has 0 bridgehead atoms. The van der Waals surface area contributed by atoms with E-state index >= 15 is 0 Å². The molecule has 0 N–H and O–H groups in total. The van der Waals surface area contributed by atoms with Crippen molar-refractivity contribution < 1.29 is 0 Å². The van der Waals surface area contributed by atoms with E-state index in [4.69, 9.17) is 0 Å². The molecule has 0 atom stereocenters. The van der Waals surface area contributed by atoms with Gasteiger partial charge in [-0.1, -0.05) is 24.3 Å². The summed E-state index contributed by atoms with van der Waals surface area (Å²) in [6.07, 6.45) is 1.84. The fourth-order valence-electron chi connectivity index (χ4n) is 2.28. The van der Waals surface area contributed by atoms with Gasteiger partial charge in [0.25, 0.3) is 0 Å². The maximum Gasteiger partial charge on any atom is 0.0731 e. The summed E-state index contributed by atoms with van der Waals surface area (Å²) < 4.78 is 5.48. The van der Waals surface area contributed by atoms with Gasteiger partial charge >= 0.3 is 0 Å². The predicted molar refractivity (Wildman–Crippen MR) is 72.4 cm³/mol. The summed E-state index contributed by atoms with van der Waals surface area (Å²) in [6, 6.07) is 14.5. The molecule has 0 aliphatic carbocycles. The average Bonchev–Trinajstić information content (AvgIpc) is 2.77. The maximum absolute atomic E-state index is 4.64. The second-order valence-electron chi connectivity index (χ2n) is 4.02. The standard InChI is InChI=1S/C14H8N2S/c1-2-4-11-10(3-1)13-12(16-11)6-5-9-7-8-15-17-14(9)13/h1-8H. The van der Waals surface area contributed by atoms with Crippen molar-refractivity contribution in [2.24, 2.45) is 0 Å². The minimum absolute atomic E-state index is 1.06. The lowest BCUT2D eigenvalue weighted by atomic mass is 10.1. The lowest BCUT2D eigenvalue weighted by Gasteiger charge is -1.97. The van der Waals surface area contributed by atoms with Gasteiger partial charge < -0.3 is 0 Å². The van der Waals surface area contributed by atoms with E-state index in [1.807, 2.05) is 18.3 Å². The van der Waals surface area contributed by atoms with Gasteiger partial charge in [-0.15, -0.1) is 0 Å². The second-order valence-corrected chi connectivity index (χ2v) is 4.82. The van der Waals surface area contributed by atoms with Crippen LogP contribution in [0.5, 0.6) is 0 Å². The highest BCUT2D eigenvalue weighted by molar-refractivity contribution is 7.14. The first kappa shape index (κ1) is 9.07. The fourth-order valence-corrected chi connectivity index (χ4v) is 3.05. The van der Waals surface area contributed by atoms with Gasteiger partial charge in [0.15, 0.2) is 0 Å². The van der Waals surface area contributed by atoms with E-state index in [0.29, 0.717) is 0 Å². The summed E-state index contributed by atoms with van der Waals surface area (Å²) in [5, 5.41) is 3.68. The molecular weight excluding hydrogens is 228 g/mol. The van der Waals surface area contributed by atoms with Gasteiger partial charge in [0.2, 0.25) is 0 Å². The van der Waals surface area contributed by atoms with E-state index in [0.717, 1.165) is 11.0 Å². The average molecular weight is 236 g/mol. The normalized spacial score (nSPS) is 11.5. The highest BCUT2D eigenvalue weighted by atomic mass is 32.1. The molecule has 2 heterocycles. The largest absolute Gasteiger partial charge is 0.248 e. The highest BCUT2D eigenvalue weighted by Crippen LogP contribution is 2.33. The molecule has 0 fully saturated rings. The molecule has 0 saturated heterocycles. The van der Waals surface area contributed by atoms with Gasteiger partial charge in [-0.3, -0.25) is 0 Å². The Balaban J connectivity index is 2.38. The molecule has 4 aromatic rings. The van der Waals surface area contributed by atoms with Gasteiger partial charge in [-0.05, 0) is 35.1 Å². The zero-order valence-electron chi connectivity index (χ0n) is 8.92. The first-order valence-electron chi connectivity index (χ1n) is 5.45. The molecule has 17 heavy (non-hydrogen) atoms. The fraction of sp³-hybridized carbons (Fsp3) is 0. The third kappa shape index (κ3) is 1.20. The number of fused-ring (bicyclic) bond motifs is 5. The Bertz CT molecular complexity index is 842. The van der Waals surface area contributed by atoms with Gasteiger partial charge in [-0.2, -0.15) is 0 Å². The van der Waals surface area contributed by atoms with Crippen molar-refractivity contribution >= 4 is 43.4 Å². The summed E-state index contributed by atoms with van der Waals surface area (Å²) in [5.74, 6) is 0. The quantitative estimate of drug-likeness (QED) is 0.461. The van der Waals surface area contributed by atoms with E-state index in [1.54, 1.807) is 0 Å².